The zero-order chi connectivity index (χ0) is 17.0. The Morgan fingerprint density at radius 1 is 1.26 bits per heavy atom. The van der Waals surface area contributed by atoms with Gasteiger partial charge in [0.05, 0.1) is 10.9 Å². The van der Waals surface area contributed by atoms with Crippen LogP contribution in [0.3, 0.4) is 0 Å². The molecule has 0 aliphatic heterocycles. The highest BCUT2D eigenvalue weighted by atomic mass is 32.2. The van der Waals surface area contributed by atoms with E-state index in [1.807, 2.05) is 13.8 Å². The second-order valence-corrected chi connectivity index (χ2v) is 6.76. The summed E-state index contributed by atoms with van der Waals surface area (Å²) in [7, 11) is 0. The molecule has 1 unspecified atom stereocenters. The SMILES string of the molecule is CC(Sc1nc(C(C)C)cc(=O)[nH]1)C(=O)Nc1ccc(O)cc1. The van der Waals surface area contributed by atoms with Gasteiger partial charge in [-0.25, -0.2) is 4.98 Å². The van der Waals surface area contributed by atoms with Crippen molar-refractivity contribution in [2.45, 2.75) is 37.1 Å². The first kappa shape index (κ1) is 17.1. The number of carbonyl (C=O) groups is 1. The lowest BCUT2D eigenvalue weighted by Crippen LogP contribution is -2.23. The van der Waals surface area contributed by atoms with Crippen LogP contribution in [-0.2, 0) is 4.79 Å². The molecular formula is C16H19N3O3S. The Morgan fingerprint density at radius 3 is 2.52 bits per heavy atom. The highest BCUT2D eigenvalue weighted by molar-refractivity contribution is 8.00. The maximum atomic E-state index is 12.2. The summed E-state index contributed by atoms with van der Waals surface area (Å²) in [6.45, 7) is 5.65. The first-order chi connectivity index (χ1) is 10.8. The minimum atomic E-state index is -0.436. The van der Waals surface area contributed by atoms with Gasteiger partial charge in [0.25, 0.3) is 5.56 Å². The van der Waals surface area contributed by atoms with Crippen LogP contribution in [0.4, 0.5) is 5.69 Å². The number of phenolic OH excluding ortho intramolecular Hbond substituents is 1. The van der Waals surface area contributed by atoms with Gasteiger partial charge in [-0.05, 0) is 37.1 Å². The Morgan fingerprint density at radius 2 is 1.91 bits per heavy atom. The number of nitrogens with one attached hydrogen (secondary N) is 2. The van der Waals surface area contributed by atoms with E-state index in [2.05, 4.69) is 15.3 Å². The number of phenols is 1. The van der Waals surface area contributed by atoms with Crippen LogP contribution in [-0.4, -0.2) is 26.2 Å². The van der Waals surface area contributed by atoms with Crippen molar-refractivity contribution in [3.8, 4) is 5.75 Å². The fourth-order valence-corrected chi connectivity index (χ4v) is 2.63. The number of nitrogens with zero attached hydrogens (tertiary/aromatic N) is 1. The van der Waals surface area contributed by atoms with Gasteiger partial charge in [0.15, 0.2) is 5.16 Å². The largest absolute Gasteiger partial charge is 0.508 e. The molecule has 7 heteroatoms. The molecule has 0 aliphatic rings. The molecule has 1 aromatic carbocycles. The van der Waals surface area contributed by atoms with Crippen LogP contribution in [0, 0.1) is 0 Å². The summed E-state index contributed by atoms with van der Waals surface area (Å²) in [5.74, 6) is 0.0637. The number of anilines is 1. The van der Waals surface area contributed by atoms with Crippen LogP contribution in [0.1, 0.15) is 32.4 Å². The van der Waals surface area contributed by atoms with E-state index in [9.17, 15) is 14.7 Å². The van der Waals surface area contributed by atoms with Gasteiger partial charge in [0, 0.05) is 11.8 Å². The predicted octanol–water partition coefficient (Wildman–Crippen LogP) is 2.72. The van der Waals surface area contributed by atoms with Crippen molar-refractivity contribution in [1.82, 2.24) is 9.97 Å². The molecule has 6 nitrogen and oxygen atoms in total. The molecule has 2 aromatic rings. The van der Waals surface area contributed by atoms with Gasteiger partial charge in [0.1, 0.15) is 5.75 Å². The van der Waals surface area contributed by atoms with E-state index >= 15 is 0 Å². The van der Waals surface area contributed by atoms with E-state index in [1.165, 1.54) is 30.0 Å². The van der Waals surface area contributed by atoms with Crippen molar-refractivity contribution in [2.24, 2.45) is 0 Å². The molecule has 1 heterocycles. The fraction of sp³-hybridized carbons (Fsp3) is 0.312. The smallest absolute Gasteiger partial charge is 0.251 e. The zero-order valence-corrected chi connectivity index (χ0v) is 14.0. The third-order valence-corrected chi connectivity index (χ3v) is 4.11. The van der Waals surface area contributed by atoms with E-state index in [1.54, 1.807) is 19.1 Å². The third-order valence-electron chi connectivity index (χ3n) is 3.12. The second kappa shape index (κ2) is 7.32. The number of carbonyl (C=O) groups excluding carboxylic acids is 1. The molecule has 23 heavy (non-hydrogen) atoms. The number of hydrogen-bond donors (Lipinski definition) is 3. The Balaban J connectivity index is 2.06. The molecule has 0 fully saturated rings. The lowest BCUT2D eigenvalue weighted by molar-refractivity contribution is -0.115. The maximum absolute atomic E-state index is 12.2. The molecule has 0 spiro atoms. The van der Waals surface area contributed by atoms with Crippen molar-refractivity contribution < 1.29 is 9.90 Å². The number of benzene rings is 1. The van der Waals surface area contributed by atoms with Crippen LogP contribution >= 0.6 is 11.8 Å². The zero-order valence-electron chi connectivity index (χ0n) is 13.2. The number of aromatic hydroxyl groups is 1. The minimum Gasteiger partial charge on any atom is -0.508 e. The predicted molar refractivity (Wildman–Crippen MR) is 91.0 cm³/mol. The molecule has 122 valence electrons. The summed E-state index contributed by atoms with van der Waals surface area (Å²) >= 11 is 1.19. The van der Waals surface area contributed by atoms with Gasteiger partial charge in [-0.15, -0.1) is 0 Å². The first-order valence-electron chi connectivity index (χ1n) is 7.23. The molecule has 0 saturated heterocycles. The summed E-state index contributed by atoms with van der Waals surface area (Å²) in [5, 5.41) is 12.0. The van der Waals surface area contributed by atoms with E-state index in [0.29, 0.717) is 16.5 Å². The topological polar surface area (TPSA) is 95.1 Å². The van der Waals surface area contributed by atoms with E-state index in [4.69, 9.17) is 0 Å². The van der Waals surface area contributed by atoms with Crippen molar-refractivity contribution in [3.05, 3.63) is 46.4 Å². The van der Waals surface area contributed by atoms with Gasteiger partial charge in [0.2, 0.25) is 5.91 Å². The summed E-state index contributed by atoms with van der Waals surface area (Å²) in [6, 6.07) is 7.70. The lowest BCUT2D eigenvalue weighted by atomic mass is 10.1. The lowest BCUT2D eigenvalue weighted by Gasteiger charge is -2.12. The summed E-state index contributed by atoms with van der Waals surface area (Å²) in [4.78, 5) is 30.9. The average molecular weight is 333 g/mol. The van der Waals surface area contributed by atoms with E-state index in [0.717, 1.165) is 0 Å². The molecule has 0 saturated carbocycles. The number of hydrogen-bond acceptors (Lipinski definition) is 5. The molecule has 1 aromatic heterocycles. The van der Waals surface area contributed by atoms with Crippen molar-refractivity contribution in [3.63, 3.8) is 0 Å². The Labute approximate surface area is 138 Å². The van der Waals surface area contributed by atoms with E-state index < -0.39 is 5.25 Å². The van der Waals surface area contributed by atoms with Crippen molar-refractivity contribution in [2.75, 3.05) is 5.32 Å². The fourth-order valence-electron chi connectivity index (χ4n) is 1.81. The molecule has 1 amide bonds. The molecule has 0 bridgehead atoms. The average Bonchev–Trinajstić information content (AvgIpc) is 2.48. The summed E-state index contributed by atoms with van der Waals surface area (Å²) < 4.78 is 0. The van der Waals surface area contributed by atoms with Crippen LogP contribution in [0.2, 0.25) is 0 Å². The summed E-state index contributed by atoms with van der Waals surface area (Å²) in [6.07, 6.45) is 0. The van der Waals surface area contributed by atoms with Crippen LogP contribution in [0.25, 0.3) is 0 Å². The standard InChI is InChI=1S/C16H19N3O3S/c1-9(2)13-8-14(21)19-16(18-13)23-10(3)15(22)17-11-4-6-12(20)7-5-11/h4-10,20H,1-3H3,(H,17,22)(H,18,19,21). The monoisotopic (exact) mass is 333 g/mol. The molecular weight excluding hydrogens is 314 g/mol. The van der Waals surface area contributed by atoms with Gasteiger partial charge in [-0.3, -0.25) is 9.59 Å². The minimum absolute atomic E-state index is 0.137. The van der Waals surface area contributed by atoms with Crippen LogP contribution < -0.4 is 10.9 Å². The van der Waals surface area contributed by atoms with E-state index in [-0.39, 0.29) is 23.1 Å². The number of aromatic nitrogens is 2. The number of aromatic amines is 1. The Bertz CT molecular complexity index is 741. The highest BCUT2D eigenvalue weighted by Gasteiger charge is 2.17. The number of thioether (sulfide) groups is 1. The van der Waals surface area contributed by atoms with Crippen molar-refractivity contribution in [1.29, 1.82) is 0 Å². The number of H-pyrrole nitrogens is 1. The Hall–Kier alpha value is -2.28. The van der Waals surface area contributed by atoms with Gasteiger partial charge >= 0.3 is 0 Å². The number of rotatable bonds is 5. The van der Waals surface area contributed by atoms with Gasteiger partial charge in [-0.1, -0.05) is 25.6 Å². The third kappa shape index (κ3) is 4.85. The quantitative estimate of drug-likeness (QED) is 0.444. The van der Waals surface area contributed by atoms with Gasteiger partial charge in [-0.2, -0.15) is 0 Å². The van der Waals surface area contributed by atoms with Crippen LogP contribution in [0.5, 0.6) is 5.75 Å². The van der Waals surface area contributed by atoms with Crippen LogP contribution in [0.15, 0.2) is 40.3 Å². The molecule has 2 rings (SSSR count). The summed E-state index contributed by atoms with van der Waals surface area (Å²) in [5.41, 5.74) is 1.07. The highest BCUT2D eigenvalue weighted by Crippen LogP contribution is 2.22. The van der Waals surface area contributed by atoms with Crippen molar-refractivity contribution >= 4 is 23.4 Å². The molecule has 0 aliphatic carbocycles. The first-order valence-corrected chi connectivity index (χ1v) is 8.11. The molecule has 0 radical (unpaired) electrons. The maximum Gasteiger partial charge on any atom is 0.251 e. The Kier molecular flexibility index (Phi) is 5.44. The second-order valence-electron chi connectivity index (χ2n) is 5.43. The number of amides is 1. The molecule has 3 N–H and O–H groups in total. The van der Waals surface area contributed by atoms with Gasteiger partial charge < -0.3 is 15.4 Å². The molecule has 1 atom stereocenters. The normalized spacial score (nSPS) is 12.2.